The fourth-order valence-electron chi connectivity index (χ4n) is 3.30. The molecule has 5 nitrogen and oxygen atoms in total. The molecule has 0 atom stereocenters. The number of fused-ring (bicyclic) bond motifs is 1. The van der Waals surface area contributed by atoms with E-state index in [1.165, 1.54) is 4.31 Å². The first kappa shape index (κ1) is 18.3. The summed E-state index contributed by atoms with van der Waals surface area (Å²) < 4.78 is 27.4. The second kappa shape index (κ2) is 7.13. The van der Waals surface area contributed by atoms with Crippen LogP contribution in [0.4, 0.5) is 11.4 Å². The Morgan fingerprint density at radius 2 is 1.68 bits per heavy atom. The SMILES string of the molecule is Cc1ccc(NC(=O)c2ccc3c(c2)N(S(=O)(=O)c2ccccc2)CC3)cc1. The van der Waals surface area contributed by atoms with E-state index in [9.17, 15) is 13.2 Å². The van der Waals surface area contributed by atoms with E-state index < -0.39 is 10.0 Å². The number of amides is 1. The van der Waals surface area contributed by atoms with Gasteiger partial charge in [0.1, 0.15) is 0 Å². The van der Waals surface area contributed by atoms with E-state index in [1.807, 2.05) is 37.3 Å². The highest BCUT2D eigenvalue weighted by Crippen LogP contribution is 2.34. The van der Waals surface area contributed by atoms with Gasteiger partial charge in [-0.3, -0.25) is 9.10 Å². The first-order chi connectivity index (χ1) is 13.4. The molecule has 0 aromatic heterocycles. The first-order valence-corrected chi connectivity index (χ1v) is 10.5. The lowest BCUT2D eigenvalue weighted by Crippen LogP contribution is -2.29. The van der Waals surface area contributed by atoms with Gasteiger partial charge in [0, 0.05) is 17.8 Å². The number of hydrogen-bond acceptors (Lipinski definition) is 3. The zero-order valence-corrected chi connectivity index (χ0v) is 16.2. The molecule has 3 aromatic rings. The van der Waals surface area contributed by atoms with Crippen molar-refractivity contribution in [3.05, 3.63) is 89.5 Å². The van der Waals surface area contributed by atoms with Crippen molar-refractivity contribution < 1.29 is 13.2 Å². The Labute approximate surface area is 164 Å². The van der Waals surface area contributed by atoms with E-state index in [0.29, 0.717) is 29.9 Å². The van der Waals surface area contributed by atoms with Crippen molar-refractivity contribution in [1.29, 1.82) is 0 Å². The average Bonchev–Trinajstić information content (AvgIpc) is 3.14. The molecular formula is C22H20N2O3S. The first-order valence-electron chi connectivity index (χ1n) is 9.04. The molecule has 1 N–H and O–H groups in total. The van der Waals surface area contributed by atoms with Gasteiger partial charge in [0.2, 0.25) is 0 Å². The summed E-state index contributed by atoms with van der Waals surface area (Å²) >= 11 is 0. The van der Waals surface area contributed by atoms with Crippen molar-refractivity contribution in [3.63, 3.8) is 0 Å². The van der Waals surface area contributed by atoms with E-state index in [4.69, 9.17) is 0 Å². The molecule has 1 aliphatic rings. The van der Waals surface area contributed by atoms with Crippen LogP contribution < -0.4 is 9.62 Å². The van der Waals surface area contributed by atoms with Crippen LogP contribution in [0.5, 0.6) is 0 Å². The van der Waals surface area contributed by atoms with Crippen LogP contribution in [0.15, 0.2) is 77.7 Å². The van der Waals surface area contributed by atoms with E-state index in [-0.39, 0.29) is 10.8 Å². The molecule has 1 heterocycles. The maximum absolute atomic E-state index is 13.0. The summed E-state index contributed by atoms with van der Waals surface area (Å²) in [6.07, 6.45) is 0.626. The number of carbonyl (C=O) groups is 1. The van der Waals surface area contributed by atoms with Crippen molar-refractivity contribution in [1.82, 2.24) is 0 Å². The number of hydrogen-bond donors (Lipinski definition) is 1. The Morgan fingerprint density at radius 3 is 2.39 bits per heavy atom. The van der Waals surface area contributed by atoms with Gasteiger partial charge in [0.05, 0.1) is 10.6 Å². The molecule has 142 valence electrons. The topological polar surface area (TPSA) is 66.5 Å². The molecule has 0 unspecified atom stereocenters. The molecule has 0 saturated heterocycles. The minimum Gasteiger partial charge on any atom is -0.322 e. The van der Waals surface area contributed by atoms with Crippen LogP contribution in [-0.4, -0.2) is 20.9 Å². The highest BCUT2D eigenvalue weighted by Gasteiger charge is 2.31. The van der Waals surface area contributed by atoms with E-state index in [1.54, 1.807) is 42.5 Å². The Balaban J connectivity index is 1.63. The van der Waals surface area contributed by atoms with Crippen molar-refractivity contribution in [2.45, 2.75) is 18.2 Å². The number of anilines is 2. The van der Waals surface area contributed by atoms with E-state index in [0.717, 1.165) is 11.1 Å². The van der Waals surface area contributed by atoms with Crippen molar-refractivity contribution in [2.75, 3.05) is 16.2 Å². The summed E-state index contributed by atoms with van der Waals surface area (Å²) in [6, 6.07) is 21.1. The molecule has 1 amide bonds. The third kappa shape index (κ3) is 3.39. The smallest absolute Gasteiger partial charge is 0.264 e. The lowest BCUT2D eigenvalue weighted by Gasteiger charge is -2.20. The number of carbonyl (C=O) groups excluding carboxylic acids is 1. The molecule has 0 aliphatic carbocycles. The van der Waals surface area contributed by atoms with Gasteiger partial charge in [0.25, 0.3) is 15.9 Å². The van der Waals surface area contributed by atoms with Gasteiger partial charge in [0.15, 0.2) is 0 Å². The van der Waals surface area contributed by atoms with Crippen molar-refractivity contribution in [2.24, 2.45) is 0 Å². The maximum atomic E-state index is 13.0. The second-order valence-electron chi connectivity index (χ2n) is 6.80. The van der Waals surface area contributed by atoms with Gasteiger partial charge in [-0.25, -0.2) is 8.42 Å². The fraction of sp³-hybridized carbons (Fsp3) is 0.136. The highest BCUT2D eigenvalue weighted by molar-refractivity contribution is 7.92. The number of rotatable bonds is 4. The lowest BCUT2D eigenvalue weighted by molar-refractivity contribution is 0.102. The quantitative estimate of drug-likeness (QED) is 0.730. The van der Waals surface area contributed by atoms with Gasteiger partial charge >= 0.3 is 0 Å². The molecular weight excluding hydrogens is 372 g/mol. The molecule has 6 heteroatoms. The number of sulfonamides is 1. The van der Waals surface area contributed by atoms with Gasteiger partial charge in [-0.05, 0) is 55.3 Å². The monoisotopic (exact) mass is 392 g/mol. The molecule has 28 heavy (non-hydrogen) atoms. The average molecular weight is 392 g/mol. The predicted molar refractivity (Wildman–Crippen MR) is 110 cm³/mol. The summed E-state index contributed by atoms with van der Waals surface area (Å²) in [7, 11) is -3.66. The molecule has 0 fully saturated rings. The molecule has 1 aliphatic heterocycles. The van der Waals surface area contributed by atoms with Crippen LogP contribution >= 0.6 is 0 Å². The fourth-order valence-corrected chi connectivity index (χ4v) is 4.82. The van der Waals surface area contributed by atoms with Crippen LogP contribution in [0.1, 0.15) is 21.5 Å². The molecule has 0 spiro atoms. The molecule has 4 rings (SSSR count). The molecule has 3 aromatic carbocycles. The second-order valence-corrected chi connectivity index (χ2v) is 8.67. The lowest BCUT2D eigenvalue weighted by atomic mass is 10.1. The number of nitrogens with one attached hydrogen (secondary N) is 1. The summed E-state index contributed by atoms with van der Waals surface area (Å²) in [4.78, 5) is 12.9. The molecule has 0 radical (unpaired) electrons. The van der Waals surface area contributed by atoms with Gasteiger partial charge in [-0.2, -0.15) is 0 Å². The third-order valence-corrected chi connectivity index (χ3v) is 6.67. The van der Waals surface area contributed by atoms with Gasteiger partial charge in [-0.1, -0.05) is 42.0 Å². The van der Waals surface area contributed by atoms with Crippen molar-refractivity contribution in [3.8, 4) is 0 Å². The summed E-state index contributed by atoms with van der Waals surface area (Å²) in [6.45, 7) is 2.35. The predicted octanol–water partition coefficient (Wildman–Crippen LogP) is 4.00. The Hall–Kier alpha value is -3.12. The molecule has 0 bridgehead atoms. The zero-order valence-electron chi connectivity index (χ0n) is 15.4. The summed E-state index contributed by atoms with van der Waals surface area (Å²) in [5.41, 5.74) is 3.73. The highest BCUT2D eigenvalue weighted by atomic mass is 32.2. The van der Waals surface area contributed by atoms with Gasteiger partial charge in [-0.15, -0.1) is 0 Å². The van der Waals surface area contributed by atoms with E-state index >= 15 is 0 Å². The number of benzene rings is 3. The van der Waals surface area contributed by atoms with Crippen LogP contribution in [0.25, 0.3) is 0 Å². The molecule has 0 saturated carbocycles. The van der Waals surface area contributed by atoms with Gasteiger partial charge < -0.3 is 5.32 Å². The third-order valence-electron chi connectivity index (χ3n) is 4.84. The Morgan fingerprint density at radius 1 is 0.964 bits per heavy atom. The van der Waals surface area contributed by atoms with Crippen LogP contribution in [0.3, 0.4) is 0 Å². The number of nitrogens with zero attached hydrogens (tertiary/aromatic N) is 1. The largest absolute Gasteiger partial charge is 0.322 e. The zero-order chi connectivity index (χ0) is 19.7. The maximum Gasteiger partial charge on any atom is 0.264 e. The normalized spacial score (nSPS) is 13.2. The summed E-state index contributed by atoms with van der Waals surface area (Å²) in [5, 5.41) is 2.85. The Bertz CT molecular complexity index is 1120. The van der Waals surface area contributed by atoms with Crippen molar-refractivity contribution >= 4 is 27.3 Å². The minimum atomic E-state index is -3.66. The summed E-state index contributed by atoms with van der Waals surface area (Å²) in [5.74, 6) is -0.268. The minimum absolute atomic E-state index is 0.248. The van der Waals surface area contributed by atoms with Crippen LogP contribution in [0, 0.1) is 6.92 Å². The van der Waals surface area contributed by atoms with Crippen LogP contribution in [0.2, 0.25) is 0 Å². The van der Waals surface area contributed by atoms with E-state index in [2.05, 4.69) is 5.32 Å². The standard InChI is InChI=1S/C22H20N2O3S/c1-16-7-11-19(12-8-16)23-22(25)18-10-9-17-13-14-24(21(17)15-18)28(26,27)20-5-3-2-4-6-20/h2-12,15H,13-14H2,1H3,(H,23,25). The van der Waals surface area contributed by atoms with Crippen LogP contribution in [-0.2, 0) is 16.4 Å². The number of aryl methyl sites for hydroxylation is 1. The Kier molecular flexibility index (Phi) is 4.65.